The minimum Gasteiger partial charge on any atom is -0.508 e. The molecule has 2 aromatic carbocycles. The Bertz CT molecular complexity index is 1020. The third-order valence-electron chi connectivity index (χ3n) is 8.33. The Morgan fingerprint density at radius 1 is 1.15 bits per heavy atom. The van der Waals surface area contributed by atoms with Crippen LogP contribution in [-0.4, -0.2) is 59.1 Å². The molecule has 1 spiro atoms. The summed E-state index contributed by atoms with van der Waals surface area (Å²) in [6.07, 6.45) is 7.22. The van der Waals surface area contributed by atoms with E-state index in [9.17, 15) is 9.90 Å². The molecular formula is C29H39N3O2. The maximum Gasteiger partial charge on any atom is 0.254 e. The van der Waals surface area contributed by atoms with Gasteiger partial charge in [-0.1, -0.05) is 30.3 Å². The fourth-order valence-corrected chi connectivity index (χ4v) is 6.31. The fraction of sp³-hybridized carbons (Fsp3) is 0.552. The second-order valence-electron chi connectivity index (χ2n) is 11.1. The molecule has 1 saturated heterocycles. The molecule has 2 fully saturated rings. The molecule has 0 unspecified atom stereocenters. The van der Waals surface area contributed by atoms with Crippen LogP contribution >= 0.6 is 0 Å². The number of benzene rings is 2. The number of carbonyl (C=O) groups excluding carboxylic acids is 1. The zero-order valence-corrected chi connectivity index (χ0v) is 20.7. The fourth-order valence-electron chi connectivity index (χ4n) is 6.31. The van der Waals surface area contributed by atoms with Crippen LogP contribution in [0.5, 0.6) is 5.75 Å². The van der Waals surface area contributed by atoms with Crippen LogP contribution < -0.4 is 5.32 Å². The molecule has 0 bridgehead atoms. The summed E-state index contributed by atoms with van der Waals surface area (Å²) in [5.41, 5.74) is 4.72. The molecular weight excluding hydrogens is 422 g/mol. The van der Waals surface area contributed by atoms with Crippen LogP contribution in [0.25, 0.3) is 0 Å². The first-order chi connectivity index (χ1) is 16.4. The smallest absolute Gasteiger partial charge is 0.254 e. The molecule has 2 aliphatic heterocycles. The van der Waals surface area contributed by atoms with E-state index in [4.69, 9.17) is 0 Å². The van der Waals surface area contributed by atoms with Gasteiger partial charge in [-0.3, -0.25) is 9.69 Å². The monoisotopic (exact) mass is 461 g/mol. The highest BCUT2D eigenvalue weighted by Gasteiger charge is 2.47. The third-order valence-corrected chi connectivity index (χ3v) is 8.33. The molecule has 2 N–H and O–H groups in total. The summed E-state index contributed by atoms with van der Waals surface area (Å²) in [6, 6.07) is 15.2. The number of hydrogen-bond donors (Lipinski definition) is 2. The zero-order valence-electron chi connectivity index (χ0n) is 20.7. The van der Waals surface area contributed by atoms with E-state index < -0.39 is 0 Å². The van der Waals surface area contributed by atoms with Gasteiger partial charge >= 0.3 is 0 Å². The molecule has 5 nitrogen and oxygen atoms in total. The summed E-state index contributed by atoms with van der Waals surface area (Å²) in [5, 5.41) is 13.9. The highest BCUT2D eigenvalue weighted by Crippen LogP contribution is 2.44. The van der Waals surface area contributed by atoms with E-state index in [1.165, 1.54) is 56.2 Å². The Morgan fingerprint density at radius 2 is 1.88 bits per heavy atom. The summed E-state index contributed by atoms with van der Waals surface area (Å²) < 4.78 is 0. The van der Waals surface area contributed by atoms with Gasteiger partial charge in [0.25, 0.3) is 5.91 Å². The van der Waals surface area contributed by atoms with Crippen LogP contribution in [0.15, 0.2) is 42.5 Å². The highest BCUT2D eigenvalue weighted by atomic mass is 16.3. The van der Waals surface area contributed by atoms with Gasteiger partial charge in [-0.25, -0.2) is 0 Å². The number of nitrogens with one attached hydrogen (secondary N) is 1. The van der Waals surface area contributed by atoms with Gasteiger partial charge < -0.3 is 15.3 Å². The molecule has 5 heteroatoms. The van der Waals surface area contributed by atoms with Crippen molar-refractivity contribution in [3.63, 3.8) is 0 Å². The van der Waals surface area contributed by atoms with Crippen LogP contribution in [0, 0.1) is 12.3 Å². The quantitative estimate of drug-likeness (QED) is 0.688. The Labute approximate surface area is 204 Å². The largest absolute Gasteiger partial charge is 0.508 e. The number of nitrogens with zero attached hydrogens (tertiary/aromatic N) is 2. The molecule has 1 atom stereocenters. The molecule has 3 aliphatic rings. The van der Waals surface area contributed by atoms with Crippen molar-refractivity contribution in [3.8, 4) is 5.75 Å². The molecule has 1 saturated carbocycles. The molecule has 1 aliphatic carbocycles. The second-order valence-corrected chi connectivity index (χ2v) is 11.1. The van der Waals surface area contributed by atoms with Gasteiger partial charge in [0.2, 0.25) is 0 Å². The van der Waals surface area contributed by atoms with Crippen molar-refractivity contribution >= 4 is 5.91 Å². The maximum atomic E-state index is 12.8. The van der Waals surface area contributed by atoms with Gasteiger partial charge in [0, 0.05) is 49.2 Å². The van der Waals surface area contributed by atoms with Crippen LogP contribution in [-0.2, 0) is 13.0 Å². The summed E-state index contributed by atoms with van der Waals surface area (Å²) >= 11 is 0. The van der Waals surface area contributed by atoms with E-state index >= 15 is 0 Å². The lowest BCUT2D eigenvalue weighted by molar-refractivity contribution is -0.0210. The van der Waals surface area contributed by atoms with E-state index in [-0.39, 0.29) is 11.7 Å². The van der Waals surface area contributed by atoms with Gasteiger partial charge in [-0.2, -0.15) is 0 Å². The normalized spacial score (nSPS) is 21.5. The maximum absolute atomic E-state index is 12.8. The predicted octanol–water partition coefficient (Wildman–Crippen LogP) is 4.51. The molecule has 0 aromatic heterocycles. The molecule has 34 heavy (non-hydrogen) atoms. The predicted molar refractivity (Wildman–Crippen MR) is 136 cm³/mol. The molecule has 182 valence electrons. The van der Waals surface area contributed by atoms with Gasteiger partial charge in [0.05, 0.1) is 0 Å². The minimum atomic E-state index is 0.0498. The minimum absolute atomic E-state index is 0.0498. The molecule has 5 rings (SSSR count). The Balaban J connectivity index is 1.07. The number of fused-ring (bicyclic) bond motifs is 1. The molecule has 1 amide bonds. The molecule has 2 aromatic rings. The molecule has 0 radical (unpaired) electrons. The average Bonchev–Trinajstić information content (AvgIpc) is 3.01. The van der Waals surface area contributed by atoms with E-state index in [2.05, 4.69) is 41.4 Å². The van der Waals surface area contributed by atoms with Crippen molar-refractivity contribution in [2.24, 2.45) is 5.41 Å². The number of aryl methyl sites for hydroxylation is 2. The first kappa shape index (κ1) is 23.4. The van der Waals surface area contributed by atoms with Crippen molar-refractivity contribution in [2.75, 3.05) is 26.2 Å². The Morgan fingerprint density at radius 3 is 2.62 bits per heavy atom. The number of likely N-dealkylation sites (tertiary alicyclic amines) is 1. The number of hydrogen-bond acceptors (Lipinski definition) is 4. The number of rotatable bonds is 5. The standard InChI is InChI=1S/C29H39N3O2/c1-21-9-10-24(16-27(21)33)28(34)32-19-29(20-32)13-11-26(12-14-29)30-22(2)17-31-15-5-8-23-6-3-4-7-25(23)18-31/h3-4,6-7,9-10,16,22,26,30,33H,5,8,11-15,17-20H2,1-2H3/t22-/m1/s1. The lowest BCUT2D eigenvalue weighted by Gasteiger charge is -2.53. The van der Waals surface area contributed by atoms with Crippen LogP contribution in [0.1, 0.15) is 66.1 Å². The summed E-state index contributed by atoms with van der Waals surface area (Å²) in [5.74, 6) is 0.250. The first-order valence-electron chi connectivity index (χ1n) is 13.0. The second kappa shape index (κ2) is 9.71. The lowest BCUT2D eigenvalue weighted by atomic mass is 9.67. The summed E-state index contributed by atoms with van der Waals surface area (Å²) in [6.45, 7) is 9.24. The number of phenols is 1. The lowest BCUT2D eigenvalue weighted by Crippen LogP contribution is -2.60. The van der Waals surface area contributed by atoms with Crippen molar-refractivity contribution < 1.29 is 9.90 Å². The van der Waals surface area contributed by atoms with Gasteiger partial charge in [-0.05, 0) is 87.7 Å². The number of aromatic hydroxyl groups is 1. The first-order valence-corrected chi connectivity index (χ1v) is 13.0. The van der Waals surface area contributed by atoms with Crippen LogP contribution in [0.2, 0.25) is 0 Å². The van der Waals surface area contributed by atoms with Gasteiger partial charge in [0.15, 0.2) is 0 Å². The summed E-state index contributed by atoms with van der Waals surface area (Å²) in [4.78, 5) is 17.4. The van der Waals surface area contributed by atoms with E-state index in [0.717, 1.165) is 31.7 Å². The third kappa shape index (κ3) is 5.01. The van der Waals surface area contributed by atoms with E-state index in [1.807, 2.05) is 24.0 Å². The number of amides is 1. The summed E-state index contributed by atoms with van der Waals surface area (Å²) in [7, 11) is 0. The SMILES string of the molecule is Cc1ccc(C(=O)N2CC3(CCC(N[C@H](C)CN4CCCc5ccccc5C4)CC3)C2)cc1O. The van der Waals surface area contributed by atoms with Crippen molar-refractivity contribution in [1.29, 1.82) is 0 Å². The van der Waals surface area contributed by atoms with E-state index in [0.29, 0.717) is 23.1 Å². The topological polar surface area (TPSA) is 55.8 Å². The number of phenolic OH excluding ortho intramolecular Hbond substituents is 1. The van der Waals surface area contributed by atoms with Crippen molar-refractivity contribution in [3.05, 3.63) is 64.7 Å². The Kier molecular flexibility index (Phi) is 6.67. The van der Waals surface area contributed by atoms with Crippen LogP contribution in [0.4, 0.5) is 0 Å². The Hall–Kier alpha value is -2.37. The highest BCUT2D eigenvalue weighted by molar-refractivity contribution is 5.95. The molecule has 2 heterocycles. The number of carbonyl (C=O) groups is 1. The average molecular weight is 462 g/mol. The van der Waals surface area contributed by atoms with Gasteiger partial charge in [0.1, 0.15) is 5.75 Å². The van der Waals surface area contributed by atoms with Crippen molar-refractivity contribution in [2.45, 2.75) is 71.0 Å². The van der Waals surface area contributed by atoms with Gasteiger partial charge in [-0.15, -0.1) is 0 Å². The van der Waals surface area contributed by atoms with Crippen molar-refractivity contribution in [1.82, 2.24) is 15.1 Å². The van der Waals surface area contributed by atoms with Crippen LogP contribution in [0.3, 0.4) is 0 Å². The zero-order chi connectivity index (χ0) is 23.7. The van der Waals surface area contributed by atoms with E-state index in [1.54, 1.807) is 6.07 Å².